The van der Waals surface area contributed by atoms with Crippen LogP contribution in [-0.2, 0) is 16.4 Å². The maximum atomic E-state index is 11.4. The van der Waals surface area contributed by atoms with E-state index in [0.717, 1.165) is 16.5 Å². The molecule has 2 rings (SSSR count). The summed E-state index contributed by atoms with van der Waals surface area (Å²) in [5, 5.41) is 4.89. The van der Waals surface area contributed by atoms with Crippen LogP contribution in [0.25, 0.3) is 10.9 Å². The second-order valence-electron chi connectivity index (χ2n) is 4.87. The summed E-state index contributed by atoms with van der Waals surface area (Å²) in [5.74, 6) is 0.439. The molecule has 1 aromatic heterocycles. The molecule has 0 aliphatic carbocycles. The highest BCUT2D eigenvalue weighted by atomic mass is 35.5. The van der Waals surface area contributed by atoms with Gasteiger partial charge in [0.25, 0.3) is 0 Å². The zero-order valence-electron chi connectivity index (χ0n) is 12.8. The Labute approximate surface area is 154 Å². The Morgan fingerprint density at radius 2 is 1.96 bits per heavy atom. The van der Waals surface area contributed by atoms with Crippen molar-refractivity contribution in [3.63, 3.8) is 0 Å². The molecule has 0 bridgehead atoms. The number of hydrogen-bond donors (Lipinski definition) is 1. The Morgan fingerprint density at radius 3 is 2.65 bits per heavy atom. The molecule has 23 heavy (non-hydrogen) atoms. The predicted molar refractivity (Wildman–Crippen MR) is 102 cm³/mol. The van der Waals surface area contributed by atoms with Crippen molar-refractivity contribution in [2.45, 2.75) is 19.9 Å². The van der Waals surface area contributed by atoms with Crippen LogP contribution in [0.2, 0.25) is 5.02 Å². The van der Waals surface area contributed by atoms with E-state index in [1.54, 1.807) is 13.1 Å². The molecule has 1 aromatic carbocycles. The number of halogens is 3. The number of fused-ring (bicyclic) bond motifs is 1. The molecule has 0 saturated carbocycles. The van der Waals surface area contributed by atoms with Gasteiger partial charge in [0.15, 0.2) is 0 Å². The van der Waals surface area contributed by atoms with Gasteiger partial charge in [-0.3, -0.25) is 4.98 Å². The first-order chi connectivity index (χ1) is 10.0. The van der Waals surface area contributed by atoms with Crippen molar-refractivity contribution in [1.82, 2.24) is 10.3 Å². The van der Waals surface area contributed by atoms with Gasteiger partial charge < -0.3 is 5.32 Å². The van der Waals surface area contributed by atoms with Crippen LogP contribution in [0.3, 0.4) is 0 Å². The van der Waals surface area contributed by atoms with Gasteiger partial charge in [-0.05, 0) is 36.7 Å². The van der Waals surface area contributed by atoms with Gasteiger partial charge >= 0.3 is 0 Å². The molecular weight excluding hydrogens is 379 g/mol. The summed E-state index contributed by atoms with van der Waals surface area (Å²) in [5.41, 5.74) is 1.95. The second-order valence-corrected chi connectivity index (χ2v) is 7.75. The van der Waals surface area contributed by atoms with Gasteiger partial charge in [-0.1, -0.05) is 24.6 Å². The van der Waals surface area contributed by atoms with E-state index in [-0.39, 0.29) is 36.3 Å². The monoisotopic (exact) mass is 398 g/mol. The number of benzene rings is 1. The van der Waals surface area contributed by atoms with Crippen molar-refractivity contribution in [3.8, 4) is 0 Å². The second kappa shape index (κ2) is 10.3. The van der Waals surface area contributed by atoms with Crippen LogP contribution in [0, 0.1) is 0 Å². The molecule has 0 unspecified atom stereocenters. The molecule has 0 aliphatic heterocycles. The molecule has 4 nitrogen and oxygen atoms in total. The molecule has 1 N–H and O–H groups in total. The summed E-state index contributed by atoms with van der Waals surface area (Å²) in [7, 11) is -2.87. The lowest BCUT2D eigenvalue weighted by Crippen LogP contribution is -2.19. The predicted octanol–water partition coefficient (Wildman–Crippen LogP) is 3.65. The van der Waals surface area contributed by atoms with Crippen LogP contribution < -0.4 is 5.32 Å². The molecule has 0 atom stereocenters. The van der Waals surface area contributed by atoms with Crippen LogP contribution in [0.1, 0.15) is 18.9 Å². The molecular formula is C15H21Cl3N2O2S. The van der Waals surface area contributed by atoms with Crippen LogP contribution in [0.5, 0.6) is 0 Å². The fraction of sp³-hybridized carbons (Fsp3) is 0.400. The molecule has 8 heteroatoms. The molecule has 0 spiro atoms. The molecule has 130 valence electrons. The lowest BCUT2D eigenvalue weighted by atomic mass is 10.1. The van der Waals surface area contributed by atoms with Gasteiger partial charge in [0.05, 0.1) is 11.3 Å². The topological polar surface area (TPSA) is 59.1 Å². The Hall–Kier alpha value is -0.590. The zero-order chi connectivity index (χ0) is 15.3. The summed E-state index contributed by atoms with van der Waals surface area (Å²) in [6.45, 7) is 2.99. The van der Waals surface area contributed by atoms with E-state index < -0.39 is 9.84 Å². The Bertz CT molecular complexity index is 724. The lowest BCUT2D eigenvalue weighted by molar-refractivity contribution is 0.590. The maximum Gasteiger partial charge on any atom is 0.150 e. The fourth-order valence-electron chi connectivity index (χ4n) is 2.12. The van der Waals surface area contributed by atoms with E-state index in [2.05, 4.69) is 10.3 Å². The summed E-state index contributed by atoms with van der Waals surface area (Å²) < 4.78 is 22.8. The van der Waals surface area contributed by atoms with Crippen molar-refractivity contribution < 1.29 is 8.42 Å². The van der Waals surface area contributed by atoms with Crippen molar-refractivity contribution >= 4 is 57.2 Å². The van der Waals surface area contributed by atoms with Crippen LogP contribution >= 0.6 is 36.4 Å². The quantitative estimate of drug-likeness (QED) is 0.722. The third kappa shape index (κ3) is 6.43. The minimum Gasteiger partial charge on any atom is -0.313 e. The first kappa shape index (κ1) is 22.4. The molecule has 0 aliphatic rings. The van der Waals surface area contributed by atoms with Crippen molar-refractivity contribution in [2.24, 2.45) is 0 Å². The molecule has 0 radical (unpaired) electrons. The normalized spacial score (nSPS) is 10.9. The number of nitrogens with zero attached hydrogens (tertiary/aromatic N) is 1. The molecule has 0 amide bonds. The van der Waals surface area contributed by atoms with Gasteiger partial charge in [-0.25, -0.2) is 8.42 Å². The Morgan fingerprint density at radius 1 is 1.22 bits per heavy atom. The number of aromatic nitrogens is 1. The van der Waals surface area contributed by atoms with E-state index in [1.807, 2.05) is 24.3 Å². The van der Waals surface area contributed by atoms with Crippen LogP contribution in [-0.4, -0.2) is 31.5 Å². The van der Waals surface area contributed by atoms with E-state index >= 15 is 0 Å². The smallest absolute Gasteiger partial charge is 0.150 e. The molecule has 0 fully saturated rings. The lowest BCUT2D eigenvalue weighted by Gasteiger charge is -2.08. The summed E-state index contributed by atoms with van der Waals surface area (Å²) in [4.78, 5) is 4.37. The summed E-state index contributed by atoms with van der Waals surface area (Å²) in [6, 6.07) is 7.63. The fourth-order valence-corrected chi connectivity index (χ4v) is 3.21. The average molecular weight is 400 g/mol. The molecule has 2 aromatic rings. The van der Waals surface area contributed by atoms with E-state index in [0.29, 0.717) is 24.5 Å². The number of sulfone groups is 1. The number of nitrogens with one attached hydrogen (secondary N) is 1. The summed E-state index contributed by atoms with van der Waals surface area (Å²) in [6.07, 6.45) is 2.37. The highest BCUT2D eigenvalue weighted by molar-refractivity contribution is 7.91. The first-order valence-corrected chi connectivity index (χ1v) is 9.16. The minimum absolute atomic E-state index is 0. The van der Waals surface area contributed by atoms with Crippen LogP contribution in [0.4, 0.5) is 0 Å². The van der Waals surface area contributed by atoms with E-state index in [4.69, 9.17) is 11.6 Å². The first-order valence-electron chi connectivity index (χ1n) is 6.97. The van der Waals surface area contributed by atoms with Gasteiger partial charge in [0.1, 0.15) is 9.84 Å². The van der Waals surface area contributed by atoms with Crippen LogP contribution in [0.15, 0.2) is 30.5 Å². The van der Waals surface area contributed by atoms with Gasteiger partial charge in [0.2, 0.25) is 0 Å². The van der Waals surface area contributed by atoms with Gasteiger partial charge in [-0.15, -0.1) is 24.8 Å². The Balaban J connectivity index is 0.00000242. The standard InChI is InChI=1S/C15H19ClN2O2S.2ClH/c1-2-21(19,20)10-4-8-17-11-12-6-7-14(16)13-5-3-9-18-15(12)13;;/h3,5-7,9,17H,2,4,8,10-11H2,1H3;2*1H. The Kier molecular flexibility index (Phi) is 10.0. The molecule has 0 saturated heterocycles. The summed E-state index contributed by atoms with van der Waals surface area (Å²) >= 11 is 6.15. The maximum absolute atomic E-state index is 11.4. The van der Waals surface area contributed by atoms with Crippen molar-refractivity contribution in [3.05, 3.63) is 41.0 Å². The number of hydrogen-bond acceptors (Lipinski definition) is 4. The van der Waals surface area contributed by atoms with Crippen molar-refractivity contribution in [2.75, 3.05) is 18.1 Å². The van der Waals surface area contributed by atoms with Gasteiger partial charge in [-0.2, -0.15) is 0 Å². The SMILES string of the molecule is CCS(=O)(=O)CCCNCc1ccc(Cl)c2cccnc12.Cl.Cl. The largest absolute Gasteiger partial charge is 0.313 e. The third-order valence-electron chi connectivity index (χ3n) is 3.36. The highest BCUT2D eigenvalue weighted by Gasteiger charge is 2.07. The zero-order valence-corrected chi connectivity index (χ0v) is 16.0. The van der Waals surface area contributed by atoms with Crippen molar-refractivity contribution in [1.29, 1.82) is 0 Å². The minimum atomic E-state index is -2.87. The number of rotatable bonds is 7. The van der Waals surface area contributed by atoms with Gasteiger partial charge in [0, 0.05) is 28.9 Å². The third-order valence-corrected chi connectivity index (χ3v) is 5.48. The highest BCUT2D eigenvalue weighted by Crippen LogP contribution is 2.24. The number of pyridine rings is 1. The van der Waals surface area contributed by atoms with E-state index in [9.17, 15) is 8.42 Å². The average Bonchev–Trinajstić information content (AvgIpc) is 2.49. The molecule has 1 heterocycles. The van der Waals surface area contributed by atoms with E-state index in [1.165, 1.54) is 0 Å².